The smallest absolute Gasteiger partial charge is 0.301 e. The highest BCUT2D eigenvalue weighted by Gasteiger charge is 2.19. The van der Waals surface area contributed by atoms with Gasteiger partial charge in [-0.15, -0.1) is 0 Å². The fourth-order valence-electron chi connectivity index (χ4n) is 2.99. The number of nitrogens with one attached hydrogen (secondary N) is 1. The number of nitro benzene ring substituents is 3. The van der Waals surface area contributed by atoms with Crippen LogP contribution in [-0.4, -0.2) is 27.6 Å². The first kappa shape index (κ1) is 26.0. The molecular formula is C22H18BrN5O8. The number of hydrogen-bond acceptors (Lipinski definition) is 10. The van der Waals surface area contributed by atoms with Gasteiger partial charge >= 0.3 is 5.69 Å². The minimum atomic E-state index is -0.744. The predicted octanol–water partition coefficient (Wildman–Crippen LogP) is 5.60. The summed E-state index contributed by atoms with van der Waals surface area (Å²) in [5, 5.41) is 36.9. The predicted molar refractivity (Wildman–Crippen MR) is 134 cm³/mol. The molecule has 0 saturated carbocycles. The summed E-state index contributed by atoms with van der Waals surface area (Å²) < 4.78 is 12.1. The number of halogens is 1. The summed E-state index contributed by atoms with van der Waals surface area (Å²) in [4.78, 5) is 31.0. The van der Waals surface area contributed by atoms with Gasteiger partial charge in [0.05, 0.1) is 38.1 Å². The fraction of sp³-hybridized carbons (Fsp3) is 0.136. The molecule has 1 N–H and O–H groups in total. The first-order valence-electron chi connectivity index (χ1n) is 10.2. The summed E-state index contributed by atoms with van der Waals surface area (Å²) in [6, 6.07) is 12.5. The van der Waals surface area contributed by atoms with Crippen molar-refractivity contribution in [3.63, 3.8) is 0 Å². The van der Waals surface area contributed by atoms with Crippen molar-refractivity contribution in [3.05, 3.63) is 101 Å². The maximum Gasteiger partial charge on any atom is 0.301 e. The van der Waals surface area contributed by atoms with E-state index < -0.39 is 26.1 Å². The van der Waals surface area contributed by atoms with Gasteiger partial charge in [-0.1, -0.05) is 0 Å². The van der Waals surface area contributed by atoms with Crippen molar-refractivity contribution in [1.29, 1.82) is 0 Å². The van der Waals surface area contributed by atoms with Gasteiger partial charge in [-0.3, -0.25) is 35.8 Å². The van der Waals surface area contributed by atoms with Crippen molar-refractivity contribution in [2.75, 3.05) is 12.0 Å². The molecule has 14 heteroatoms. The van der Waals surface area contributed by atoms with E-state index in [-0.39, 0.29) is 18.0 Å². The number of nitro groups is 3. The summed E-state index contributed by atoms with van der Waals surface area (Å²) in [5.74, 6) is 0.808. The third kappa shape index (κ3) is 6.50. The number of anilines is 1. The minimum absolute atomic E-state index is 0.0194. The molecule has 0 heterocycles. The SMILES string of the molecule is CCOc1cc(/C=N/Nc2ccc([N+](=O)[O-])cc2[N+](=O)[O-])cc(Br)c1OCc1ccc([N+](=O)[O-])cc1. The van der Waals surface area contributed by atoms with Crippen molar-refractivity contribution in [3.8, 4) is 11.5 Å². The van der Waals surface area contributed by atoms with Crippen LogP contribution in [0.15, 0.2) is 64.2 Å². The second-order valence-electron chi connectivity index (χ2n) is 7.06. The Bertz CT molecular complexity index is 1330. The quantitative estimate of drug-likeness (QED) is 0.178. The van der Waals surface area contributed by atoms with E-state index in [0.717, 1.165) is 17.7 Å². The number of non-ortho nitro benzene ring substituents is 2. The third-order valence-electron chi connectivity index (χ3n) is 4.65. The second kappa shape index (κ2) is 11.7. The highest BCUT2D eigenvalue weighted by Crippen LogP contribution is 2.37. The molecule has 3 rings (SSSR count). The Labute approximate surface area is 211 Å². The number of ether oxygens (including phenoxy) is 2. The Morgan fingerprint density at radius 3 is 2.19 bits per heavy atom. The van der Waals surface area contributed by atoms with Crippen LogP contribution >= 0.6 is 15.9 Å². The Hall–Kier alpha value is -4.59. The zero-order valence-electron chi connectivity index (χ0n) is 18.6. The van der Waals surface area contributed by atoms with Gasteiger partial charge in [0.25, 0.3) is 11.4 Å². The van der Waals surface area contributed by atoms with Crippen LogP contribution in [0.3, 0.4) is 0 Å². The van der Waals surface area contributed by atoms with Crippen LogP contribution in [0.4, 0.5) is 22.7 Å². The molecule has 0 atom stereocenters. The minimum Gasteiger partial charge on any atom is -0.490 e. The van der Waals surface area contributed by atoms with Gasteiger partial charge in [0.1, 0.15) is 12.3 Å². The molecule has 13 nitrogen and oxygen atoms in total. The number of hydrazone groups is 1. The molecule has 36 heavy (non-hydrogen) atoms. The van der Waals surface area contributed by atoms with E-state index in [1.165, 1.54) is 24.4 Å². The monoisotopic (exact) mass is 559 g/mol. The molecular weight excluding hydrogens is 542 g/mol. The molecule has 0 aromatic heterocycles. The summed E-state index contributed by atoms with van der Waals surface area (Å²) in [5.41, 5.74) is 2.86. The van der Waals surface area contributed by atoms with Gasteiger partial charge in [0, 0.05) is 18.2 Å². The molecule has 0 bridgehead atoms. The van der Waals surface area contributed by atoms with Gasteiger partial charge < -0.3 is 9.47 Å². The van der Waals surface area contributed by atoms with Crippen LogP contribution in [0.25, 0.3) is 0 Å². The van der Waals surface area contributed by atoms with Crippen molar-refractivity contribution in [1.82, 2.24) is 0 Å². The lowest BCUT2D eigenvalue weighted by Gasteiger charge is -2.14. The van der Waals surface area contributed by atoms with E-state index in [4.69, 9.17) is 9.47 Å². The highest BCUT2D eigenvalue weighted by molar-refractivity contribution is 9.10. The van der Waals surface area contributed by atoms with Gasteiger partial charge in [-0.25, -0.2) is 0 Å². The van der Waals surface area contributed by atoms with Crippen molar-refractivity contribution in [2.45, 2.75) is 13.5 Å². The van der Waals surface area contributed by atoms with Gasteiger partial charge in [0.2, 0.25) is 0 Å². The average Bonchev–Trinajstić information content (AvgIpc) is 2.84. The molecule has 186 valence electrons. The fourth-order valence-corrected chi connectivity index (χ4v) is 3.56. The van der Waals surface area contributed by atoms with Gasteiger partial charge in [-0.2, -0.15) is 5.10 Å². The van der Waals surface area contributed by atoms with Crippen LogP contribution in [0, 0.1) is 30.3 Å². The molecule has 0 fully saturated rings. The number of rotatable bonds is 11. The molecule has 3 aromatic carbocycles. The number of hydrogen-bond donors (Lipinski definition) is 1. The normalized spacial score (nSPS) is 10.7. The van der Waals surface area contributed by atoms with Gasteiger partial charge in [-0.05, 0) is 64.3 Å². The first-order valence-corrected chi connectivity index (χ1v) is 11.0. The maximum absolute atomic E-state index is 11.3. The summed E-state index contributed by atoms with van der Waals surface area (Å²) >= 11 is 3.43. The van der Waals surface area contributed by atoms with Crippen LogP contribution in [0.1, 0.15) is 18.1 Å². The Morgan fingerprint density at radius 2 is 1.58 bits per heavy atom. The van der Waals surface area contributed by atoms with Crippen molar-refractivity contribution in [2.24, 2.45) is 5.10 Å². The zero-order valence-corrected chi connectivity index (χ0v) is 20.2. The Morgan fingerprint density at radius 1 is 0.917 bits per heavy atom. The molecule has 0 radical (unpaired) electrons. The second-order valence-corrected chi connectivity index (χ2v) is 7.92. The van der Waals surface area contributed by atoms with E-state index in [1.807, 2.05) is 0 Å². The molecule has 0 unspecified atom stereocenters. The van der Waals surface area contributed by atoms with E-state index >= 15 is 0 Å². The summed E-state index contributed by atoms with van der Waals surface area (Å²) in [6.45, 7) is 2.27. The largest absolute Gasteiger partial charge is 0.490 e. The van der Waals surface area contributed by atoms with E-state index in [2.05, 4.69) is 26.5 Å². The number of benzene rings is 3. The highest BCUT2D eigenvalue weighted by atomic mass is 79.9. The molecule has 0 aliphatic carbocycles. The lowest BCUT2D eigenvalue weighted by atomic mass is 10.2. The molecule has 0 saturated heterocycles. The Kier molecular flexibility index (Phi) is 8.46. The van der Waals surface area contributed by atoms with E-state index in [0.29, 0.717) is 28.1 Å². The van der Waals surface area contributed by atoms with Gasteiger partial charge in [0.15, 0.2) is 11.5 Å². The molecule has 0 aliphatic rings. The van der Waals surface area contributed by atoms with Crippen LogP contribution in [-0.2, 0) is 6.61 Å². The molecule has 3 aromatic rings. The lowest BCUT2D eigenvalue weighted by molar-refractivity contribution is -0.393. The number of nitrogens with zero attached hydrogens (tertiary/aromatic N) is 4. The van der Waals surface area contributed by atoms with Crippen molar-refractivity contribution >= 4 is 44.9 Å². The standard InChI is InChI=1S/C22H18BrN5O8/c1-2-35-21-10-15(12-24-25-19-8-7-17(27(31)32)11-20(19)28(33)34)9-18(23)22(21)36-13-14-3-5-16(6-4-14)26(29)30/h3-12,25H,2,13H2,1H3/b24-12+. The van der Waals surface area contributed by atoms with Crippen LogP contribution in [0.2, 0.25) is 0 Å². The maximum atomic E-state index is 11.3. The van der Waals surface area contributed by atoms with E-state index in [9.17, 15) is 30.3 Å². The average molecular weight is 560 g/mol. The lowest BCUT2D eigenvalue weighted by Crippen LogP contribution is -2.02. The molecule has 0 amide bonds. The molecule has 0 spiro atoms. The third-order valence-corrected chi connectivity index (χ3v) is 5.24. The Balaban J connectivity index is 1.78. The van der Waals surface area contributed by atoms with Crippen LogP contribution < -0.4 is 14.9 Å². The van der Waals surface area contributed by atoms with Crippen molar-refractivity contribution < 1.29 is 24.2 Å². The first-order chi connectivity index (χ1) is 17.2. The van der Waals surface area contributed by atoms with Crippen LogP contribution in [0.5, 0.6) is 11.5 Å². The van der Waals surface area contributed by atoms with E-state index in [1.54, 1.807) is 31.2 Å². The zero-order chi connectivity index (χ0) is 26.2. The topological polar surface area (TPSA) is 172 Å². The summed E-state index contributed by atoms with van der Waals surface area (Å²) in [7, 11) is 0. The summed E-state index contributed by atoms with van der Waals surface area (Å²) in [6.07, 6.45) is 1.39. The molecule has 0 aliphatic heterocycles.